The standard InChI is InChI=1S/C13H21FN2O3/c14-12-4-5-15(8-12)13(18)11(7-16(19)9-17)6-10-2-1-3-10/h9-12,19H,1-8H2. The lowest BCUT2D eigenvalue weighted by Gasteiger charge is -2.31. The largest absolute Gasteiger partial charge is 0.339 e. The lowest BCUT2D eigenvalue weighted by molar-refractivity contribution is -0.157. The highest BCUT2D eigenvalue weighted by Gasteiger charge is 2.34. The molecule has 2 rings (SSSR count). The van der Waals surface area contributed by atoms with Gasteiger partial charge in [-0.05, 0) is 18.8 Å². The molecule has 0 aromatic heterocycles. The van der Waals surface area contributed by atoms with Crippen LogP contribution in [0.1, 0.15) is 32.1 Å². The number of rotatable bonds is 6. The smallest absolute Gasteiger partial charge is 0.233 e. The molecule has 1 N–H and O–H groups in total. The Labute approximate surface area is 112 Å². The molecule has 1 aliphatic carbocycles. The van der Waals surface area contributed by atoms with Gasteiger partial charge in [0.1, 0.15) is 6.17 Å². The van der Waals surface area contributed by atoms with Crippen LogP contribution in [0, 0.1) is 11.8 Å². The fraction of sp³-hybridized carbons (Fsp3) is 0.846. The highest BCUT2D eigenvalue weighted by atomic mass is 19.1. The van der Waals surface area contributed by atoms with Crippen molar-refractivity contribution in [3.8, 4) is 0 Å². The van der Waals surface area contributed by atoms with E-state index in [1.54, 1.807) is 0 Å². The van der Waals surface area contributed by atoms with Crippen LogP contribution < -0.4 is 0 Å². The van der Waals surface area contributed by atoms with Crippen molar-refractivity contribution in [2.24, 2.45) is 11.8 Å². The number of hydrogen-bond acceptors (Lipinski definition) is 3. The van der Waals surface area contributed by atoms with E-state index in [1.165, 1.54) is 11.3 Å². The molecular formula is C13H21FN2O3. The summed E-state index contributed by atoms with van der Waals surface area (Å²) in [5, 5.41) is 9.81. The van der Waals surface area contributed by atoms with Gasteiger partial charge in [-0.25, -0.2) is 9.45 Å². The molecule has 5 nitrogen and oxygen atoms in total. The minimum atomic E-state index is -0.940. The summed E-state index contributed by atoms with van der Waals surface area (Å²) in [5.74, 6) is -0.0449. The molecule has 0 aromatic carbocycles. The number of carbonyl (C=O) groups excluding carboxylic acids is 2. The van der Waals surface area contributed by atoms with Crippen molar-refractivity contribution in [2.45, 2.75) is 38.3 Å². The molecule has 2 aliphatic rings. The van der Waals surface area contributed by atoms with Crippen molar-refractivity contribution >= 4 is 12.3 Å². The minimum absolute atomic E-state index is 0.00624. The van der Waals surface area contributed by atoms with Crippen LogP contribution in [0.5, 0.6) is 0 Å². The summed E-state index contributed by atoms with van der Waals surface area (Å²) in [7, 11) is 0. The number of hydrogen-bond donors (Lipinski definition) is 1. The van der Waals surface area contributed by atoms with E-state index in [0.29, 0.717) is 36.8 Å². The van der Waals surface area contributed by atoms with Crippen LogP contribution in [0.2, 0.25) is 0 Å². The second kappa shape index (κ2) is 6.32. The molecule has 1 saturated carbocycles. The summed E-state index contributed by atoms with van der Waals surface area (Å²) in [6.45, 7) is 0.590. The summed E-state index contributed by atoms with van der Waals surface area (Å²) in [6.07, 6.45) is 3.81. The minimum Gasteiger partial charge on any atom is -0.339 e. The number of carbonyl (C=O) groups is 2. The fourth-order valence-electron chi connectivity index (χ4n) is 2.83. The Morgan fingerprint density at radius 3 is 2.68 bits per heavy atom. The lowest BCUT2D eigenvalue weighted by Crippen LogP contribution is -2.41. The zero-order valence-electron chi connectivity index (χ0n) is 11.0. The molecular weight excluding hydrogens is 251 g/mol. The van der Waals surface area contributed by atoms with Crippen molar-refractivity contribution in [2.75, 3.05) is 19.6 Å². The second-order valence-corrected chi connectivity index (χ2v) is 5.63. The summed E-state index contributed by atoms with van der Waals surface area (Å²) in [6, 6.07) is 0. The molecule has 1 aliphatic heterocycles. The van der Waals surface area contributed by atoms with Crippen molar-refractivity contribution in [1.29, 1.82) is 0 Å². The molecule has 2 unspecified atom stereocenters. The molecule has 2 atom stereocenters. The quantitative estimate of drug-likeness (QED) is 0.449. The van der Waals surface area contributed by atoms with E-state index in [0.717, 1.165) is 12.8 Å². The number of amides is 2. The third-order valence-corrected chi connectivity index (χ3v) is 4.16. The van der Waals surface area contributed by atoms with Crippen LogP contribution in [-0.2, 0) is 9.59 Å². The first-order valence-corrected chi connectivity index (χ1v) is 6.93. The zero-order valence-corrected chi connectivity index (χ0v) is 11.0. The molecule has 108 valence electrons. The van der Waals surface area contributed by atoms with Gasteiger partial charge in [-0.3, -0.25) is 14.8 Å². The Balaban J connectivity index is 1.93. The Morgan fingerprint density at radius 1 is 1.47 bits per heavy atom. The fourth-order valence-corrected chi connectivity index (χ4v) is 2.83. The third-order valence-electron chi connectivity index (χ3n) is 4.16. The lowest BCUT2D eigenvalue weighted by atomic mass is 9.78. The van der Waals surface area contributed by atoms with Gasteiger partial charge in [0, 0.05) is 6.54 Å². The summed E-state index contributed by atoms with van der Waals surface area (Å²) in [5.41, 5.74) is 0. The van der Waals surface area contributed by atoms with Crippen molar-refractivity contribution in [1.82, 2.24) is 9.96 Å². The molecule has 2 fully saturated rings. The van der Waals surface area contributed by atoms with Gasteiger partial charge in [0.05, 0.1) is 19.0 Å². The molecule has 0 bridgehead atoms. The first kappa shape index (κ1) is 14.2. The van der Waals surface area contributed by atoms with E-state index in [1.807, 2.05) is 0 Å². The maximum Gasteiger partial charge on any atom is 0.233 e. The molecule has 2 amide bonds. The van der Waals surface area contributed by atoms with E-state index >= 15 is 0 Å². The maximum absolute atomic E-state index is 13.2. The second-order valence-electron chi connectivity index (χ2n) is 5.63. The summed E-state index contributed by atoms with van der Waals surface area (Å²) >= 11 is 0. The normalized spacial score (nSPS) is 24.9. The van der Waals surface area contributed by atoms with Crippen LogP contribution in [0.4, 0.5) is 4.39 Å². The average Bonchev–Trinajstić information content (AvgIpc) is 2.77. The van der Waals surface area contributed by atoms with E-state index < -0.39 is 12.1 Å². The highest BCUT2D eigenvalue weighted by Crippen LogP contribution is 2.33. The zero-order chi connectivity index (χ0) is 13.8. The predicted molar refractivity (Wildman–Crippen MR) is 66.1 cm³/mol. The van der Waals surface area contributed by atoms with Gasteiger partial charge in [0.25, 0.3) is 0 Å². The van der Waals surface area contributed by atoms with Crippen molar-refractivity contribution < 1.29 is 19.2 Å². The number of nitrogens with zero attached hydrogens (tertiary/aromatic N) is 2. The monoisotopic (exact) mass is 272 g/mol. The van der Waals surface area contributed by atoms with E-state index in [4.69, 9.17) is 0 Å². The van der Waals surface area contributed by atoms with Crippen molar-refractivity contribution in [3.63, 3.8) is 0 Å². The molecule has 0 radical (unpaired) electrons. The molecule has 6 heteroatoms. The van der Waals surface area contributed by atoms with E-state index in [-0.39, 0.29) is 19.0 Å². The van der Waals surface area contributed by atoms with Crippen LogP contribution in [0.25, 0.3) is 0 Å². The number of likely N-dealkylation sites (tertiary alicyclic amines) is 1. The van der Waals surface area contributed by atoms with Gasteiger partial charge in [-0.2, -0.15) is 0 Å². The summed E-state index contributed by atoms with van der Waals surface area (Å²) < 4.78 is 13.2. The molecule has 0 aromatic rings. The van der Waals surface area contributed by atoms with Crippen LogP contribution in [0.15, 0.2) is 0 Å². The van der Waals surface area contributed by atoms with Gasteiger partial charge in [0.2, 0.25) is 12.3 Å². The van der Waals surface area contributed by atoms with Crippen molar-refractivity contribution in [3.05, 3.63) is 0 Å². The summed E-state index contributed by atoms with van der Waals surface area (Å²) in [4.78, 5) is 24.3. The first-order chi connectivity index (χ1) is 9.10. The predicted octanol–water partition coefficient (Wildman–Crippen LogP) is 1.21. The van der Waals surface area contributed by atoms with E-state index in [9.17, 15) is 19.2 Å². The Morgan fingerprint density at radius 2 is 2.21 bits per heavy atom. The highest BCUT2D eigenvalue weighted by molar-refractivity contribution is 5.79. The third kappa shape index (κ3) is 3.65. The van der Waals surface area contributed by atoms with Gasteiger partial charge in [-0.15, -0.1) is 0 Å². The van der Waals surface area contributed by atoms with Gasteiger partial charge < -0.3 is 4.90 Å². The topological polar surface area (TPSA) is 60.9 Å². The van der Waals surface area contributed by atoms with Crippen LogP contribution in [0.3, 0.4) is 0 Å². The maximum atomic E-state index is 13.2. The van der Waals surface area contributed by atoms with E-state index in [2.05, 4.69) is 0 Å². The molecule has 19 heavy (non-hydrogen) atoms. The van der Waals surface area contributed by atoms with Gasteiger partial charge in [0.15, 0.2) is 0 Å². The van der Waals surface area contributed by atoms with Gasteiger partial charge in [-0.1, -0.05) is 19.3 Å². The molecule has 1 saturated heterocycles. The Bertz CT molecular complexity index is 336. The van der Waals surface area contributed by atoms with Crippen LogP contribution >= 0.6 is 0 Å². The number of halogens is 1. The number of alkyl halides is 1. The first-order valence-electron chi connectivity index (χ1n) is 6.93. The Hall–Kier alpha value is -1.17. The SMILES string of the molecule is O=CN(O)CC(CC1CCC1)C(=O)N1CCC(F)C1. The average molecular weight is 272 g/mol. The molecule has 1 heterocycles. The molecule has 0 spiro atoms. The Kier molecular flexibility index (Phi) is 4.74. The van der Waals surface area contributed by atoms with Gasteiger partial charge >= 0.3 is 0 Å². The van der Waals surface area contributed by atoms with Crippen LogP contribution in [-0.4, -0.2) is 53.3 Å². The number of hydroxylamine groups is 2.